The van der Waals surface area contributed by atoms with Crippen molar-refractivity contribution in [2.24, 2.45) is 0 Å². The van der Waals surface area contributed by atoms with Gasteiger partial charge in [0.25, 0.3) is 0 Å². The molecule has 25 heavy (non-hydrogen) atoms. The summed E-state index contributed by atoms with van der Waals surface area (Å²) in [5, 5.41) is 12.7. The Morgan fingerprint density at radius 2 is 2.00 bits per heavy atom. The van der Waals surface area contributed by atoms with Crippen molar-refractivity contribution in [1.82, 2.24) is 20.1 Å². The third-order valence-corrected chi connectivity index (χ3v) is 5.69. The van der Waals surface area contributed by atoms with Crippen molar-refractivity contribution in [3.63, 3.8) is 0 Å². The van der Waals surface area contributed by atoms with Crippen molar-refractivity contribution >= 4 is 17.7 Å². The summed E-state index contributed by atoms with van der Waals surface area (Å²) in [5.74, 6) is 1.36. The molecule has 5 nitrogen and oxygen atoms in total. The molecule has 0 bridgehead atoms. The van der Waals surface area contributed by atoms with E-state index in [2.05, 4.69) is 46.1 Å². The first-order chi connectivity index (χ1) is 12.2. The minimum absolute atomic E-state index is 0.0972. The smallest absolute Gasteiger partial charge is 0.230 e. The summed E-state index contributed by atoms with van der Waals surface area (Å²) in [7, 11) is 0. The van der Waals surface area contributed by atoms with Gasteiger partial charge in [-0.05, 0) is 32.3 Å². The molecule has 1 aromatic carbocycles. The van der Waals surface area contributed by atoms with Crippen LogP contribution in [-0.4, -0.2) is 32.5 Å². The van der Waals surface area contributed by atoms with E-state index in [0.717, 1.165) is 35.9 Å². The molecule has 6 heteroatoms. The summed E-state index contributed by atoms with van der Waals surface area (Å²) >= 11 is 1.47. The Morgan fingerprint density at radius 3 is 2.72 bits per heavy atom. The Labute approximate surface area is 153 Å². The van der Waals surface area contributed by atoms with Gasteiger partial charge in [-0.3, -0.25) is 4.79 Å². The molecule has 1 N–H and O–H groups in total. The van der Waals surface area contributed by atoms with Crippen LogP contribution in [0.1, 0.15) is 44.6 Å². The number of aryl methyl sites for hydroxylation is 1. The first-order valence-electron chi connectivity index (χ1n) is 9.10. The standard InChI is InChI=1S/C19H26N4OS/c1-3-23-18(16-12-8-7-9-14(16)2)21-22-19(23)25-13-17(24)20-15-10-5-4-6-11-15/h7-9,12,15H,3-6,10-11,13H2,1-2H3,(H,20,24). The number of aromatic nitrogens is 3. The molecule has 3 rings (SSSR count). The number of carbonyl (C=O) groups is 1. The predicted molar refractivity (Wildman–Crippen MR) is 102 cm³/mol. The topological polar surface area (TPSA) is 59.8 Å². The van der Waals surface area contributed by atoms with Crippen LogP contribution in [0.5, 0.6) is 0 Å². The predicted octanol–water partition coefficient (Wildman–Crippen LogP) is 3.81. The first-order valence-corrected chi connectivity index (χ1v) is 10.1. The number of carbonyl (C=O) groups excluding carboxylic acids is 1. The molecular formula is C19H26N4OS. The van der Waals surface area contributed by atoms with E-state index in [-0.39, 0.29) is 5.91 Å². The van der Waals surface area contributed by atoms with Crippen LogP contribution in [-0.2, 0) is 11.3 Å². The van der Waals surface area contributed by atoms with Crippen molar-refractivity contribution in [2.45, 2.75) is 63.7 Å². The molecule has 0 spiro atoms. The molecule has 0 saturated heterocycles. The zero-order chi connectivity index (χ0) is 17.6. The molecule has 2 aromatic rings. The highest BCUT2D eigenvalue weighted by atomic mass is 32.2. The van der Waals surface area contributed by atoms with Crippen molar-refractivity contribution in [2.75, 3.05) is 5.75 Å². The average Bonchev–Trinajstić information content (AvgIpc) is 3.04. The van der Waals surface area contributed by atoms with Gasteiger partial charge in [0.1, 0.15) is 0 Å². The number of hydrogen-bond donors (Lipinski definition) is 1. The zero-order valence-electron chi connectivity index (χ0n) is 15.0. The van der Waals surface area contributed by atoms with E-state index in [0.29, 0.717) is 11.8 Å². The third-order valence-electron chi connectivity index (χ3n) is 4.72. The van der Waals surface area contributed by atoms with Crippen LogP contribution in [0.4, 0.5) is 0 Å². The summed E-state index contributed by atoms with van der Waals surface area (Å²) in [6, 6.07) is 8.54. The Kier molecular flexibility index (Phi) is 6.13. The lowest BCUT2D eigenvalue weighted by molar-refractivity contribution is -0.119. The van der Waals surface area contributed by atoms with Crippen LogP contribution in [0.2, 0.25) is 0 Å². The van der Waals surface area contributed by atoms with E-state index in [9.17, 15) is 4.79 Å². The highest BCUT2D eigenvalue weighted by Gasteiger charge is 2.18. The average molecular weight is 359 g/mol. The summed E-state index contributed by atoms with van der Waals surface area (Å²) in [4.78, 5) is 12.2. The van der Waals surface area contributed by atoms with Gasteiger partial charge in [0.15, 0.2) is 11.0 Å². The maximum absolute atomic E-state index is 12.2. The molecule has 1 aromatic heterocycles. The molecule has 1 heterocycles. The number of rotatable bonds is 6. The quantitative estimate of drug-likeness (QED) is 0.798. The van der Waals surface area contributed by atoms with Gasteiger partial charge in [0.2, 0.25) is 5.91 Å². The number of nitrogens with one attached hydrogen (secondary N) is 1. The van der Waals surface area contributed by atoms with Gasteiger partial charge in [-0.1, -0.05) is 55.3 Å². The molecule has 0 unspecified atom stereocenters. The fourth-order valence-electron chi connectivity index (χ4n) is 3.35. The SMILES string of the molecule is CCn1c(SCC(=O)NC2CCCCC2)nnc1-c1ccccc1C. The molecular weight excluding hydrogens is 332 g/mol. The Morgan fingerprint density at radius 1 is 1.24 bits per heavy atom. The van der Waals surface area contributed by atoms with Crippen molar-refractivity contribution < 1.29 is 4.79 Å². The highest BCUT2D eigenvalue weighted by molar-refractivity contribution is 7.99. The molecule has 134 valence electrons. The second-order valence-corrected chi connectivity index (χ2v) is 7.50. The molecule has 0 radical (unpaired) electrons. The molecule has 1 amide bonds. The Hall–Kier alpha value is -1.82. The molecule has 0 aliphatic heterocycles. The fourth-order valence-corrected chi connectivity index (χ4v) is 4.16. The number of thioether (sulfide) groups is 1. The van der Waals surface area contributed by atoms with Gasteiger partial charge in [-0.25, -0.2) is 0 Å². The summed E-state index contributed by atoms with van der Waals surface area (Å²) in [5.41, 5.74) is 2.27. The van der Waals surface area contributed by atoms with Gasteiger partial charge >= 0.3 is 0 Å². The van der Waals surface area contributed by atoms with E-state index in [4.69, 9.17) is 0 Å². The van der Waals surface area contributed by atoms with Crippen molar-refractivity contribution in [3.8, 4) is 11.4 Å². The number of benzene rings is 1. The zero-order valence-corrected chi connectivity index (χ0v) is 15.8. The largest absolute Gasteiger partial charge is 0.353 e. The lowest BCUT2D eigenvalue weighted by Crippen LogP contribution is -2.37. The second-order valence-electron chi connectivity index (χ2n) is 6.56. The van der Waals surface area contributed by atoms with Crippen LogP contribution in [0.15, 0.2) is 29.4 Å². The van der Waals surface area contributed by atoms with E-state index >= 15 is 0 Å². The van der Waals surface area contributed by atoms with Crippen molar-refractivity contribution in [3.05, 3.63) is 29.8 Å². The highest BCUT2D eigenvalue weighted by Crippen LogP contribution is 2.26. The van der Waals surface area contributed by atoms with E-state index < -0.39 is 0 Å². The lowest BCUT2D eigenvalue weighted by Gasteiger charge is -2.22. The summed E-state index contributed by atoms with van der Waals surface area (Å²) < 4.78 is 2.08. The normalized spacial score (nSPS) is 15.3. The van der Waals surface area contributed by atoms with Crippen molar-refractivity contribution in [1.29, 1.82) is 0 Å². The fraction of sp³-hybridized carbons (Fsp3) is 0.526. The van der Waals surface area contributed by atoms with Gasteiger partial charge in [-0.15, -0.1) is 10.2 Å². The van der Waals surface area contributed by atoms with Crippen LogP contribution in [0.3, 0.4) is 0 Å². The van der Waals surface area contributed by atoms with Crippen LogP contribution in [0.25, 0.3) is 11.4 Å². The Bertz CT molecular complexity index is 722. The molecule has 1 aliphatic rings. The monoisotopic (exact) mass is 358 g/mol. The van der Waals surface area contributed by atoms with Crippen LogP contribution < -0.4 is 5.32 Å². The molecule has 1 saturated carbocycles. The first kappa shape index (κ1) is 18.0. The minimum Gasteiger partial charge on any atom is -0.353 e. The molecule has 1 aliphatic carbocycles. The van der Waals surface area contributed by atoms with Gasteiger partial charge in [0, 0.05) is 18.2 Å². The number of nitrogens with zero attached hydrogens (tertiary/aromatic N) is 3. The minimum atomic E-state index is 0.0972. The molecule has 0 atom stereocenters. The van der Waals surface area contributed by atoms with E-state index in [1.165, 1.54) is 36.6 Å². The van der Waals surface area contributed by atoms with Crippen LogP contribution in [0, 0.1) is 6.92 Å². The van der Waals surface area contributed by atoms with Gasteiger partial charge < -0.3 is 9.88 Å². The van der Waals surface area contributed by atoms with Gasteiger partial charge in [-0.2, -0.15) is 0 Å². The summed E-state index contributed by atoms with van der Waals surface area (Å²) in [6.45, 7) is 4.94. The summed E-state index contributed by atoms with van der Waals surface area (Å²) in [6.07, 6.45) is 5.96. The molecule has 1 fully saturated rings. The van der Waals surface area contributed by atoms with E-state index in [1.807, 2.05) is 12.1 Å². The Balaban J connectivity index is 1.65. The van der Waals surface area contributed by atoms with Gasteiger partial charge in [0.05, 0.1) is 5.75 Å². The third kappa shape index (κ3) is 4.42. The van der Waals surface area contributed by atoms with Crippen LogP contribution >= 0.6 is 11.8 Å². The maximum atomic E-state index is 12.2. The number of hydrogen-bond acceptors (Lipinski definition) is 4. The number of amides is 1. The van der Waals surface area contributed by atoms with E-state index in [1.54, 1.807) is 0 Å². The lowest BCUT2D eigenvalue weighted by atomic mass is 9.95. The maximum Gasteiger partial charge on any atom is 0.230 e. The second kappa shape index (κ2) is 8.52.